The molecule has 148 valence electrons. The Hall–Kier alpha value is -2.54. The molecule has 1 aliphatic carbocycles. The zero-order chi connectivity index (χ0) is 19.7. The van der Waals surface area contributed by atoms with Gasteiger partial charge in [-0.1, -0.05) is 18.2 Å². The van der Waals surface area contributed by atoms with Gasteiger partial charge in [0.05, 0.1) is 12.9 Å². The number of hydrogen-bond donors (Lipinski definition) is 1. The van der Waals surface area contributed by atoms with E-state index in [1.54, 1.807) is 37.4 Å². The lowest BCUT2D eigenvalue weighted by atomic mass is 9.99. The van der Waals surface area contributed by atoms with E-state index in [0.717, 1.165) is 31.4 Å². The van der Waals surface area contributed by atoms with Crippen LogP contribution in [0.4, 0.5) is 5.69 Å². The molecule has 2 aromatic rings. The van der Waals surface area contributed by atoms with Crippen molar-refractivity contribution in [2.24, 2.45) is 5.92 Å². The predicted molar refractivity (Wildman–Crippen MR) is 108 cm³/mol. The molecule has 4 rings (SSSR count). The summed E-state index contributed by atoms with van der Waals surface area (Å²) in [7, 11) is -2.01. The third-order valence-corrected chi connectivity index (χ3v) is 6.48. The smallest absolute Gasteiger partial charge is 0.236 e. The summed E-state index contributed by atoms with van der Waals surface area (Å²) < 4.78 is 33.0. The molecule has 0 aromatic heterocycles. The molecule has 1 N–H and O–H groups in total. The highest BCUT2D eigenvalue weighted by molar-refractivity contribution is 7.91. The quantitative estimate of drug-likeness (QED) is 0.809. The van der Waals surface area contributed by atoms with E-state index in [1.807, 2.05) is 17.0 Å². The summed E-state index contributed by atoms with van der Waals surface area (Å²) in [5.41, 5.74) is 3.38. The van der Waals surface area contributed by atoms with Gasteiger partial charge in [-0.25, -0.2) is 8.42 Å². The molecule has 0 radical (unpaired) electrons. The molecule has 1 amide bonds. The summed E-state index contributed by atoms with van der Waals surface area (Å²) in [5, 5.41) is 0. The summed E-state index contributed by atoms with van der Waals surface area (Å²) in [6.07, 6.45) is 2.79. The highest BCUT2D eigenvalue weighted by Crippen LogP contribution is 2.33. The molecular formula is C21H24N2O4S. The number of amides is 1. The summed E-state index contributed by atoms with van der Waals surface area (Å²) in [6.45, 7) is 1.29. The van der Waals surface area contributed by atoms with Crippen LogP contribution in [0.3, 0.4) is 0 Å². The number of ether oxygens (including phenoxy) is 1. The number of methoxy groups -OCH3 is 1. The van der Waals surface area contributed by atoms with Gasteiger partial charge in [-0.3, -0.25) is 9.52 Å². The summed E-state index contributed by atoms with van der Waals surface area (Å²) >= 11 is 0. The zero-order valence-electron chi connectivity index (χ0n) is 15.8. The van der Waals surface area contributed by atoms with Crippen LogP contribution in [0, 0.1) is 5.92 Å². The molecule has 2 aliphatic rings. The molecule has 1 heterocycles. The van der Waals surface area contributed by atoms with Gasteiger partial charge in [-0.15, -0.1) is 0 Å². The van der Waals surface area contributed by atoms with Gasteiger partial charge >= 0.3 is 0 Å². The average molecular weight is 401 g/mol. The van der Waals surface area contributed by atoms with Crippen LogP contribution in [-0.2, 0) is 33.5 Å². The van der Waals surface area contributed by atoms with Crippen molar-refractivity contribution in [2.75, 3.05) is 18.4 Å². The topological polar surface area (TPSA) is 75.7 Å². The molecule has 1 aliphatic heterocycles. The molecule has 0 saturated heterocycles. The zero-order valence-corrected chi connectivity index (χ0v) is 16.7. The van der Waals surface area contributed by atoms with Gasteiger partial charge in [0.15, 0.2) is 0 Å². The predicted octanol–water partition coefficient (Wildman–Crippen LogP) is 2.93. The number of anilines is 1. The molecule has 28 heavy (non-hydrogen) atoms. The summed E-state index contributed by atoms with van der Waals surface area (Å²) in [4.78, 5) is 14.2. The van der Waals surface area contributed by atoms with E-state index in [1.165, 1.54) is 5.56 Å². The Labute approximate surface area is 165 Å². The van der Waals surface area contributed by atoms with Crippen molar-refractivity contribution in [3.05, 3.63) is 59.2 Å². The van der Waals surface area contributed by atoms with Crippen molar-refractivity contribution in [1.29, 1.82) is 0 Å². The van der Waals surface area contributed by atoms with E-state index < -0.39 is 10.0 Å². The average Bonchev–Trinajstić information content (AvgIpc) is 3.51. The van der Waals surface area contributed by atoms with Crippen molar-refractivity contribution in [3.8, 4) is 5.75 Å². The minimum Gasteiger partial charge on any atom is -0.497 e. The van der Waals surface area contributed by atoms with Crippen LogP contribution >= 0.6 is 0 Å². The van der Waals surface area contributed by atoms with E-state index >= 15 is 0 Å². The van der Waals surface area contributed by atoms with Crippen LogP contribution in [-0.4, -0.2) is 32.9 Å². The molecular weight excluding hydrogens is 376 g/mol. The van der Waals surface area contributed by atoms with Crippen LogP contribution < -0.4 is 9.46 Å². The monoisotopic (exact) mass is 400 g/mol. The molecule has 7 heteroatoms. The van der Waals surface area contributed by atoms with Crippen LogP contribution in [0.15, 0.2) is 42.5 Å². The van der Waals surface area contributed by atoms with Crippen molar-refractivity contribution in [2.45, 2.75) is 31.6 Å². The fourth-order valence-corrected chi connectivity index (χ4v) is 4.77. The normalized spacial score (nSPS) is 16.4. The van der Waals surface area contributed by atoms with E-state index in [4.69, 9.17) is 4.74 Å². The second kappa shape index (κ2) is 7.47. The Balaban J connectivity index is 1.47. The van der Waals surface area contributed by atoms with Crippen molar-refractivity contribution in [1.82, 2.24) is 4.90 Å². The highest BCUT2D eigenvalue weighted by Gasteiger charge is 2.34. The first-order valence-corrected chi connectivity index (χ1v) is 11.1. The number of sulfonamides is 1. The van der Waals surface area contributed by atoms with Crippen LogP contribution in [0.25, 0.3) is 0 Å². The summed E-state index contributed by atoms with van der Waals surface area (Å²) in [6, 6.07) is 12.6. The standard InChI is InChI=1S/C21H24N2O4S/c1-27-20-4-2-3-15(11-20)14-28(25,26)22-19-8-7-16-9-10-23(13-18(16)12-19)21(24)17-5-6-17/h2-4,7-8,11-12,17,22H,5-6,9-10,13-14H2,1H3. The number of carbonyl (C=O) groups excluding carboxylic acids is 1. The molecule has 6 nitrogen and oxygen atoms in total. The number of nitrogens with one attached hydrogen (secondary N) is 1. The fourth-order valence-electron chi connectivity index (χ4n) is 3.59. The second-order valence-corrected chi connectivity index (χ2v) is 9.20. The van der Waals surface area contributed by atoms with E-state index in [2.05, 4.69) is 4.72 Å². The van der Waals surface area contributed by atoms with Gasteiger partial charge in [-0.05, 0) is 60.2 Å². The van der Waals surface area contributed by atoms with Gasteiger partial charge < -0.3 is 9.64 Å². The van der Waals surface area contributed by atoms with Crippen molar-refractivity contribution < 1.29 is 17.9 Å². The molecule has 2 aromatic carbocycles. The first-order chi connectivity index (χ1) is 13.4. The van der Waals surface area contributed by atoms with Crippen molar-refractivity contribution in [3.63, 3.8) is 0 Å². The number of hydrogen-bond acceptors (Lipinski definition) is 4. The van der Waals surface area contributed by atoms with E-state index in [9.17, 15) is 13.2 Å². The third kappa shape index (κ3) is 4.30. The first kappa shape index (κ1) is 18.8. The maximum Gasteiger partial charge on any atom is 0.236 e. The van der Waals surface area contributed by atoms with Crippen LogP contribution in [0.5, 0.6) is 5.75 Å². The minimum absolute atomic E-state index is 0.131. The van der Waals surface area contributed by atoms with Gasteiger partial charge in [-0.2, -0.15) is 0 Å². The maximum absolute atomic E-state index is 12.6. The van der Waals surface area contributed by atoms with Crippen molar-refractivity contribution >= 4 is 21.6 Å². The fraction of sp³-hybridized carbons (Fsp3) is 0.381. The van der Waals surface area contributed by atoms with E-state index in [0.29, 0.717) is 23.5 Å². The lowest BCUT2D eigenvalue weighted by Gasteiger charge is -2.29. The Morgan fingerprint density at radius 2 is 2.00 bits per heavy atom. The molecule has 0 bridgehead atoms. The number of nitrogens with zero attached hydrogens (tertiary/aromatic N) is 1. The van der Waals surface area contributed by atoms with Crippen LogP contribution in [0.1, 0.15) is 29.5 Å². The lowest BCUT2D eigenvalue weighted by Crippen LogP contribution is -2.36. The number of rotatable bonds is 6. The Kier molecular flexibility index (Phi) is 5.02. The minimum atomic E-state index is -3.56. The Morgan fingerprint density at radius 1 is 1.18 bits per heavy atom. The Morgan fingerprint density at radius 3 is 2.75 bits per heavy atom. The number of carbonyl (C=O) groups is 1. The van der Waals surface area contributed by atoms with Gasteiger partial charge in [0.25, 0.3) is 0 Å². The van der Waals surface area contributed by atoms with Gasteiger partial charge in [0.1, 0.15) is 5.75 Å². The number of benzene rings is 2. The lowest BCUT2D eigenvalue weighted by molar-refractivity contribution is -0.133. The summed E-state index contributed by atoms with van der Waals surface area (Å²) in [5.74, 6) is 0.927. The Bertz CT molecular complexity index is 999. The van der Waals surface area contributed by atoms with Gasteiger partial charge in [0, 0.05) is 24.7 Å². The third-order valence-electron chi connectivity index (χ3n) is 5.22. The molecule has 0 unspecified atom stereocenters. The number of fused-ring (bicyclic) bond motifs is 1. The maximum atomic E-state index is 12.6. The molecule has 1 fully saturated rings. The largest absolute Gasteiger partial charge is 0.497 e. The van der Waals surface area contributed by atoms with Crippen LogP contribution in [0.2, 0.25) is 0 Å². The highest BCUT2D eigenvalue weighted by atomic mass is 32.2. The molecule has 0 atom stereocenters. The molecule has 1 saturated carbocycles. The first-order valence-electron chi connectivity index (χ1n) is 9.47. The second-order valence-electron chi connectivity index (χ2n) is 7.48. The van der Waals surface area contributed by atoms with Gasteiger partial charge in [0.2, 0.25) is 15.9 Å². The SMILES string of the molecule is COc1cccc(CS(=O)(=O)Nc2ccc3c(c2)CN(C(=O)C2CC2)CC3)c1. The molecule has 0 spiro atoms. The van der Waals surface area contributed by atoms with E-state index in [-0.39, 0.29) is 17.6 Å².